The smallest absolute Gasteiger partial charge is 0.338 e. The molecule has 2 amide bonds. The number of carbonyl (C=O) groups excluding carboxylic acids is 4. The van der Waals surface area contributed by atoms with Gasteiger partial charge < -0.3 is 15.0 Å². The second kappa shape index (κ2) is 10.9. The number of carbonyl (C=O) groups is 4. The van der Waals surface area contributed by atoms with E-state index in [4.69, 9.17) is 4.74 Å². The van der Waals surface area contributed by atoms with E-state index in [1.807, 2.05) is 32.0 Å². The van der Waals surface area contributed by atoms with E-state index in [9.17, 15) is 19.2 Å². The number of nitrogens with zero attached hydrogens (tertiary/aromatic N) is 1. The van der Waals surface area contributed by atoms with Crippen molar-refractivity contribution in [1.29, 1.82) is 0 Å². The fourth-order valence-corrected chi connectivity index (χ4v) is 4.28. The van der Waals surface area contributed by atoms with Gasteiger partial charge in [0.05, 0.1) is 11.5 Å². The number of Topliss-reactive ketones (excluding diaryl/α,β-unsaturated/α-hetero) is 1. The Morgan fingerprint density at radius 1 is 0.972 bits per heavy atom. The van der Waals surface area contributed by atoms with E-state index in [-0.39, 0.29) is 36.2 Å². The van der Waals surface area contributed by atoms with Crippen molar-refractivity contribution in [1.82, 2.24) is 0 Å². The van der Waals surface area contributed by atoms with E-state index in [1.54, 1.807) is 41.3 Å². The standard InChI is InChI=1S/C28H25BrN2O5/c1-17-4-3-5-24(18(17)2)31-15-21(14-26(31)33)27(34)30-23-12-8-20(9-13-23)28(35)36-16-25(32)19-6-10-22(29)11-7-19/h3-13,21H,14-16H2,1-2H3,(H,30,34)/t21-/m0/s1. The summed E-state index contributed by atoms with van der Waals surface area (Å²) < 4.78 is 5.98. The summed E-state index contributed by atoms with van der Waals surface area (Å²) in [7, 11) is 0. The maximum Gasteiger partial charge on any atom is 0.338 e. The lowest BCUT2D eigenvalue weighted by molar-refractivity contribution is -0.122. The molecule has 0 aliphatic carbocycles. The summed E-state index contributed by atoms with van der Waals surface area (Å²) in [6.07, 6.45) is 0.135. The van der Waals surface area contributed by atoms with Crippen molar-refractivity contribution in [2.24, 2.45) is 5.92 Å². The summed E-state index contributed by atoms with van der Waals surface area (Å²) in [6.45, 7) is 3.90. The lowest BCUT2D eigenvalue weighted by Crippen LogP contribution is -2.28. The van der Waals surface area contributed by atoms with Crippen LogP contribution in [0.2, 0.25) is 0 Å². The number of ether oxygens (including phenoxy) is 1. The van der Waals surface area contributed by atoms with Crippen LogP contribution in [0.4, 0.5) is 11.4 Å². The predicted molar refractivity (Wildman–Crippen MR) is 140 cm³/mol. The number of rotatable bonds is 7. The van der Waals surface area contributed by atoms with Crippen LogP contribution in [0.15, 0.2) is 71.2 Å². The minimum Gasteiger partial charge on any atom is -0.454 e. The van der Waals surface area contributed by atoms with E-state index < -0.39 is 11.9 Å². The molecule has 1 aliphatic rings. The lowest BCUT2D eigenvalue weighted by atomic mass is 10.1. The summed E-state index contributed by atoms with van der Waals surface area (Å²) in [6, 6.07) is 18.8. The fourth-order valence-electron chi connectivity index (χ4n) is 4.01. The molecule has 3 aromatic rings. The van der Waals surface area contributed by atoms with E-state index in [0.717, 1.165) is 21.3 Å². The van der Waals surface area contributed by atoms with Crippen molar-refractivity contribution in [2.75, 3.05) is 23.4 Å². The third kappa shape index (κ3) is 5.71. The number of nitrogens with one attached hydrogen (secondary N) is 1. The molecule has 0 saturated carbocycles. The van der Waals surface area contributed by atoms with Gasteiger partial charge in [0, 0.05) is 34.4 Å². The highest BCUT2D eigenvalue weighted by atomic mass is 79.9. The SMILES string of the molecule is Cc1cccc(N2C[C@@H](C(=O)Nc3ccc(C(=O)OCC(=O)c4ccc(Br)cc4)cc3)CC2=O)c1C. The topological polar surface area (TPSA) is 92.8 Å². The molecule has 1 aliphatic heterocycles. The molecule has 8 heteroatoms. The molecule has 3 aromatic carbocycles. The van der Waals surface area contributed by atoms with Gasteiger partial charge in [0.15, 0.2) is 12.4 Å². The monoisotopic (exact) mass is 548 g/mol. The fraction of sp³-hybridized carbons (Fsp3) is 0.214. The predicted octanol–water partition coefficient (Wildman–Crippen LogP) is 5.10. The summed E-state index contributed by atoms with van der Waals surface area (Å²) in [5.41, 5.74) is 4.15. The van der Waals surface area contributed by atoms with Crippen LogP contribution >= 0.6 is 15.9 Å². The normalized spacial score (nSPS) is 15.0. The highest BCUT2D eigenvalue weighted by molar-refractivity contribution is 9.10. The Kier molecular flexibility index (Phi) is 7.64. The third-order valence-electron chi connectivity index (χ3n) is 6.25. The van der Waals surface area contributed by atoms with Crippen molar-refractivity contribution in [3.63, 3.8) is 0 Å². The zero-order valence-electron chi connectivity index (χ0n) is 19.9. The minimum atomic E-state index is -0.635. The van der Waals surface area contributed by atoms with Gasteiger partial charge in [0.1, 0.15) is 0 Å². The number of hydrogen-bond acceptors (Lipinski definition) is 5. The maximum atomic E-state index is 12.8. The number of benzene rings is 3. The molecule has 1 N–H and O–H groups in total. The third-order valence-corrected chi connectivity index (χ3v) is 6.78. The molecule has 4 rings (SSSR count). The van der Waals surface area contributed by atoms with Gasteiger partial charge in [-0.05, 0) is 67.4 Å². The van der Waals surface area contributed by atoms with E-state index in [0.29, 0.717) is 17.8 Å². The Morgan fingerprint density at radius 2 is 1.64 bits per heavy atom. The van der Waals surface area contributed by atoms with Crippen LogP contribution in [0.25, 0.3) is 0 Å². The first-order valence-corrected chi connectivity index (χ1v) is 12.3. The van der Waals surface area contributed by atoms with E-state index in [2.05, 4.69) is 21.2 Å². The van der Waals surface area contributed by atoms with Crippen molar-refractivity contribution in [2.45, 2.75) is 20.3 Å². The molecule has 1 fully saturated rings. The summed E-state index contributed by atoms with van der Waals surface area (Å²) >= 11 is 3.31. The molecule has 184 valence electrons. The molecule has 1 atom stereocenters. The second-order valence-corrected chi connectivity index (χ2v) is 9.61. The second-order valence-electron chi connectivity index (χ2n) is 8.70. The molecule has 0 spiro atoms. The van der Waals surface area contributed by atoms with Crippen LogP contribution in [0.3, 0.4) is 0 Å². The highest BCUT2D eigenvalue weighted by Gasteiger charge is 2.35. The van der Waals surface area contributed by atoms with Crippen LogP contribution in [0, 0.1) is 19.8 Å². The Hall–Kier alpha value is -3.78. The number of aryl methyl sites for hydroxylation is 1. The maximum absolute atomic E-state index is 12.8. The van der Waals surface area contributed by atoms with E-state index in [1.165, 1.54) is 12.1 Å². The van der Waals surface area contributed by atoms with Gasteiger partial charge in [-0.1, -0.05) is 40.2 Å². The zero-order valence-corrected chi connectivity index (χ0v) is 21.5. The Bertz CT molecular complexity index is 1320. The molecule has 0 unspecified atom stereocenters. The van der Waals surface area contributed by atoms with Crippen LogP contribution in [-0.4, -0.2) is 36.7 Å². The molecule has 1 heterocycles. The van der Waals surface area contributed by atoms with Gasteiger partial charge in [-0.15, -0.1) is 0 Å². The molecule has 0 aromatic heterocycles. The zero-order chi connectivity index (χ0) is 25.8. The van der Waals surface area contributed by atoms with Gasteiger partial charge in [0.2, 0.25) is 11.8 Å². The first-order valence-electron chi connectivity index (χ1n) is 11.5. The quantitative estimate of drug-likeness (QED) is 0.327. The van der Waals surface area contributed by atoms with Gasteiger partial charge in [-0.25, -0.2) is 4.79 Å². The van der Waals surface area contributed by atoms with Crippen molar-refractivity contribution in [3.8, 4) is 0 Å². The Morgan fingerprint density at radius 3 is 2.33 bits per heavy atom. The molecule has 0 radical (unpaired) electrons. The Labute approximate surface area is 217 Å². The Balaban J connectivity index is 1.32. The summed E-state index contributed by atoms with van der Waals surface area (Å²) in [5, 5.41) is 2.82. The first kappa shape index (κ1) is 25.3. The van der Waals surface area contributed by atoms with Crippen LogP contribution in [0.5, 0.6) is 0 Å². The number of esters is 1. The summed E-state index contributed by atoms with van der Waals surface area (Å²) in [5.74, 6) is -1.76. The van der Waals surface area contributed by atoms with Crippen molar-refractivity contribution >= 4 is 50.9 Å². The number of amides is 2. The van der Waals surface area contributed by atoms with Gasteiger partial charge >= 0.3 is 5.97 Å². The lowest BCUT2D eigenvalue weighted by Gasteiger charge is -2.20. The van der Waals surface area contributed by atoms with Gasteiger partial charge in [0.25, 0.3) is 0 Å². The summed E-state index contributed by atoms with van der Waals surface area (Å²) in [4.78, 5) is 51.6. The van der Waals surface area contributed by atoms with E-state index >= 15 is 0 Å². The van der Waals surface area contributed by atoms with Crippen molar-refractivity contribution < 1.29 is 23.9 Å². The van der Waals surface area contributed by atoms with Crippen LogP contribution < -0.4 is 10.2 Å². The molecule has 1 saturated heterocycles. The molecule has 0 bridgehead atoms. The molecule has 36 heavy (non-hydrogen) atoms. The number of anilines is 2. The average molecular weight is 549 g/mol. The molecule has 7 nitrogen and oxygen atoms in total. The number of halogens is 1. The number of ketones is 1. The first-order chi connectivity index (χ1) is 17.2. The van der Waals surface area contributed by atoms with Gasteiger partial charge in [-0.3, -0.25) is 14.4 Å². The average Bonchev–Trinajstić information content (AvgIpc) is 3.26. The minimum absolute atomic E-state index is 0.0837. The van der Waals surface area contributed by atoms with Crippen LogP contribution in [0.1, 0.15) is 38.3 Å². The van der Waals surface area contributed by atoms with Gasteiger partial charge in [-0.2, -0.15) is 0 Å². The molecular formula is C28H25BrN2O5. The van der Waals surface area contributed by atoms with Crippen LogP contribution in [-0.2, 0) is 14.3 Å². The molecular weight excluding hydrogens is 524 g/mol. The number of hydrogen-bond donors (Lipinski definition) is 1. The van der Waals surface area contributed by atoms with Crippen molar-refractivity contribution in [3.05, 3.63) is 93.5 Å². The largest absolute Gasteiger partial charge is 0.454 e. The highest BCUT2D eigenvalue weighted by Crippen LogP contribution is 2.30.